The summed E-state index contributed by atoms with van der Waals surface area (Å²) in [5.74, 6) is 5.72. The van der Waals surface area contributed by atoms with Crippen LogP contribution < -0.4 is 22.3 Å². The van der Waals surface area contributed by atoms with Crippen molar-refractivity contribution in [3.8, 4) is 0 Å². The fourth-order valence-corrected chi connectivity index (χ4v) is 1.82. The van der Waals surface area contributed by atoms with Crippen molar-refractivity contribution >= 4 is 28.6 Å². The van der Waals surface area contributed by atoms with Crippen molar-refractivity contribution in [1.82, 2.24) is 9.97 Å². The number of nitrogens with zero attached hydrogens (tertiary/aromatic N) is 2. The molecule has 0 spiro atoms. The van der Waals surface area contributed by atoms with Gasteiger partial charge in [0.2, 0.25) is 11.9 Å². The smallest absolute Gasteiger partial charge is 0.242 e. The molecule has 0 bridgehead atoms. The summed E-state index contributed by atoms with van der Waals surface area (Å²) >= 11 is 0. The Labute approximate surface area is 116 Å². The Hall–Kier alpha value is -2.41. The maximum Gasteiger partial charge on any atom is 0.242 e. The molecule has 1 atom stereocenters. The van der Waals surface area contributed by atoms with E-state index in [1.54, 1.807) is 6.92 Å². The van der Waals surface area contributed by atoms with E-state index in [1.807, 2.05) is 31.2 Å². The molecule has 7 heteroatoms. The average Bonchev–Trinajstić information content (AvgIpc) is 2.46. The molecule has 6 N–H and O–H groups in total. The van der Waals surface area contributed by atoms with Crippen LogP contribution in [0.1, 0.15) is 20.3 Å². The summed E-state index contributed by atoms with van der Waals surface area (Å²) in [5.41, 5.74) is 7.71. The lowest BCUT2D eigenvalue weighted by Crippen LogP contribution is -2.47. The van der Waals surface area contributed by atoms with Gasteiger partial charge in [-0.1, -0.05) is 19.1 Å². The first-order valence-electron chi connectivity index (χ1n) is 6.31. The predicted octanol–water partition coefficient (Wildman–Crippen LogP) is 0.981. The van der Waals surface area contributed by atoms with Gasteiger partial charge in [-0.05, 0) is 25.5 Å². The Morgan fingerprint density at radius 1 is 1.35 bits per heavy atom. The van der Waals surface area contributed by atoms with Crippen LogP contribution in [-0.4, -0.2) is 21.4 Å². The largest absolute Gasteiger partial charge is 0.368 e. The number of aromatic nitrogens is 2. The van der Waals surface area contributed by atoms with Crippen LogP contribution in [0.3, 0.4) is 0 Å². The molecule has 1 heterocycles. The third-order valence-corrected chi connectivity index (χ3v) is 3.38. The van der Waals surface area contributed by atoms with Crippen molar-refractivity contribution < 1.29 is 4.79 Å². The van der Waals surface area contributed by atoms with Crippen molar-refractivity contribution in [3.63, 3.8) is 0 Å². The van der Waals surface area contributed by atoms with Crippen molar-refractivity contribution in [2.45, 2.75) is 25.8 Å². The van der Waals surface area contributed by atoms with Crippen molar-refractivity contribution in [3.05, 3.63) is 24.3 Å². The van der Waals surface area contributed by atoms with Crippen LogP contribution >= 0.6 is 0 Å². The fourth-order valence-electron chi connectivity index (χ4n) is 1.82. The Balaban J connectivity index is 2.55. The van der Waals surface area contributed by atoms with Crippen LogP contribution in [0.25, 0.3) is 10.9 Å². The highest BCUT2D eigenvalue weighted by Crippen LogP contribution is 2.25. The Morgan fingerprint density at radius 3 is 2.65 bits per heavy atom. The molecule has 0 aliphatic rings. The van der Waals surface area contributed by atoms with Gasteiger partial charge in [0.1, 0.15) is 11.4 Å². The number of benzene rings is 1. The average molecular weight is 274 g/mol. The number of carbonyl (C=O) groups is 1. The lowest BCUT2D eigenvalue weighted by atomic mass is 9.98. The summed E-state index contributed by atoms with van der Waals surface area (Å²) in [7, 11) is 0. The fraction of sp³-hybridized carbons (Fsp3) is 0.308. The number of primary amides is 1. The minimum atomic E-state index is -0.886. The Kier molecular flexibility index (Phi) is 3.71. The molecular weight excluding hydrogens is 256 g/mol. The van der Waals surface area contributed by atoms with E-state index in [9.17, 15) is 4.79 Å². The van der Waals surface area contributed by atoms with E-state index in [2.05, 4.69) is 20.7 Å². The van der Waals surface area contributed by atoms with Gasteiger partial charge in [-0.3, -0.25) is 10.2 Å². The summed E-state index contributed by atoms with van der Waals surface area (Å²) in [6.45, 7) is 3.62. The second-order valence-corrected chi connectivity index (χ2v) is 4.73. The number of nitrogen functional groups attached to an aromatic ring is 1. The molecule has 0 aliphatic carbocycles. The lowest BCUT2D eigenvalue weighted by Gasteiger charge is -2.27. The SMILES string of the molecule is CCC(C)(Nc1nc(NN)nc2ccccc12)C(N)=O. The number of anilines is 2. The van der Waals surface area contributed by atoms with Crippen LogP contribution in [0.15, 0.2) is 24.3 Å². The number of fused-ring (bicyclic) bond motifs is 1. The minimum absolute atomic E-state index is 0.272. The van der Waals surface area contributed by atoms with Gasteiger partial charge in [0.25, 0.3) is 0 Å². The molecule has 1 amide bonds. The van der Waals surface area contributed by atoms with Gasteiger partial charge in [0.15, 0.2) is 0 Å². The molecule has 0 saturated carbocycles. The van der Waals surface area contributed by atoms with Crippen LogP contribution in [0.5, 0.6) is 0 Å². The third-order valence-electron chi connectivity index (χ3n) is 3.38. The molecule has 0 radical (unpaired) electrons. The summed E-state index contributed by atoms with van der Waals surface area (Å²) in [5, 5.41) is 3.90. The normalized spacial score (nSPS) is 13.8. The van der Waals surface area contributed by atoms with Gasteiger partial charge in [0, 0.05) is 5.39 Å². The third kappa shape index (κ3) is 2.48. The second kappa shape index (κ2) is 5.30. The van der Waals surface area contributed by atoms with E-state index >= 15 is 0 Å². The molecule has 2 rings (SSSR count). The molecular formula is C13H18N6O. The molecule has 1 aromatic heterocycles. The van der Waals surface area contributed by atoms with Gasteiger partial charge < -0.3 is 11.1 Å². The Morgan fingerprint density at radius 2 is 2.05 bits per heavy atom. The molecule has 106 valence electrons. The molecule has 2 aromatic rings. The molecule has 20 heavy (non-hydrogen) atoms. The number of amides is 1. The van der Waals surface area contributed by atoms with Crippen molar-refractivity contribution in [2.75, 3.05) is 10.7 Å². The molecule has 1 unspecified atom stereocenters. The lowest BCUT2D eigenvalue weighted by molar-refractivity contribution is -0.121. The van der Waals surface area contributed by atoms with Crippen molar-refractivity contribution in [1.29, 1.82) is 0 Å². The van der Waals surface area contributed by atoms with E-state index in [-0.39, 0.29) is 5.95 Å². The number of hydrogen-bond acceptors (Lipinski definition) is 6. The highest BCUT2D eigenvalue weighted by Gasteiger charge is 2.29. The van der Waals surface area contributed by atoms with E-state index in [1.165, 1.54) is 0 Å². The van der Waals surface area contributed by atoms with Gasteiger partial charge in [-0.25, -0.2) is 10.8 Å². The van der Waals surface area contributed by atoms with E-state index in [0.717, 1.165) is 10.9 Å². The topological polar surface area (TPSA) is 119 Å². The summed E-state index contributed by atoms with van der Waals surface area (Å²) in [4.78, 5) is 20.1. The highest BCUT2D eigenvalue weighted by molar-refractivity contribution is 5.94. The number of rotatable bonds is 5. The zero-order valence-electron chi connectivity index (χ0n) is 11.5. The van der Waals surface area contributed by atoms with Gasteiger partial charge in [-0.15, -0.1) is 0 Å². The first-order chi connectivity index (χ1) is 9.50. The summed E-state index contributed by atoms with van der Waals surface area (Å²) < 4.78 is 0. The Bertz CT molecular complexity index is 644. The monoisotopic (exact) mass is 274 g/mol. The number of carbonyl (C=O) groups excluding carboxylic acids is 1. The van der Waals surface area contributed by atoms with Crippen LogP contribution in [0.4, 0.5) is 11.8 Å². The van der Waals surface area contributed by atoms with Gasteiger partial charge in [0.05, 0.1) is 5.52 Å². The zero-order valence-corrected chi connectivity index (χ0v) is 11.5. The molecule has 7 nitrogen and oxygen atoms in total. The maximum atomic E-state index is 11.6. The second-order valence-electron chi connectivity index (χ2n) is 4.73. The zero-order chi connectivity index (χ0) is 14.8. The molecule has 1 aromatic carbocycles. The quantitative estimate of drug-likeness (QED) is 0.476. The summed E-state index contributed by atoms with van der Waals surface area (Å²) in [6, 6.07) is 7.46. The number of nitrogens with two attached hydrogens (primary N) is 2. The number of para-hydroxylation sites is 1. The van der Waals surface area contributed by atoms with Crippen molar-refractivity contribution in [2.24, 2.45) is 11.6 Å². The molecule has 0 saturated heterocycles. The number of nitrogens with one attached hydrogen (secondary N) is 2. The van der Waals surface area contributed by atoms with E-state index in [4.69, 9.17) is 11.6 Å². The minimum Gasteiger partial charge on any atom is -0.368 e. The van der Waals surface area contributed by atoms with Gasteiger partial charge >= 0.3 is 0 Å². The van der Waals surface area contributed by atoms with Crippen LogP contribution in [0, 0.1) is 0 Å². The predicted molar refractivity (Wildman–Crippen MR) is 78.9 cm³/mol. The number of hydrazine groups is 1. The standard InChI is InChI=1S/C13H18N6O/c1-3-13(2,11(14)20)18-10-8-6-4-5-7-9(8)16-12(17-10)19-15/h4-7H,3,15H2,1-2H3,(H2,14,20)(H2,16,17,18,19). The van der Waals surface area contributed by atoms with Gasteiger partial charge in [-0.2, -0.15) is 4.98 Å². The first-order valence-corrected chi connectivity index (χ1v) is 6.31. The summed E-state index contributed by atoms with van der Waals surface area (Å²) in [6.07, 6.45) is 0.534. The number of hydrogen-bond donors (Lipinski definition) is 4. The maximum absolute atomic E-state index is 11.6. The first kappa shape index (κ1) is 14.0. The van der Waals surface area contributed by atoms with Crippen LogP contribution in [0.2, 0.25) is 0 Å². The molecule has 0 aliphatic heterocycles. The highest BCUT2D eigenvalue weighted by atomic mass is 16.1. The van der Waals surface area contributed by atoms with E-state index < -0.39 is 11.4 Å². The van der Waals surface area contributed by atoms with E-state index in [0.29, 0.717) is 12.2 Å². The van der Waals surface area contributed by atoms with Crippen LogP contribution in [-0.2, 0) is 4.79 Å². The molecule has 0 fully saturated rings.